The highest BCUT2D eigenvalue weighted by Crippen LogP contribution is 2.42. The first-order chi connectivity index (χ1) is 17.6. The Balaban J connectivity index is 1.33. The molecule has 2 aromatic carbocycles. The topological polar surface area (TPSA) is 94.5 Å². The Hall–Kier alpha value is -4.77. The molecule has 8 nitrogen and oxygen atoms in total. The summed E-state index contributed by atoms with van der Waals surface area (Å²) in [4.78, 5) is 30.6. The van der Waals surface area contributed by atoms with E-state index in [9.17, 15) is 14.9 Å². The van der Waals surface area contributed by atoms with Gasteiger partial charge in [0.15, 0.2) is 0 Å². The predicted molar refractivity (Wildman–Crippen MR) is 134 cm³/mol. The summed E-state index contributed by atoms with van der Waals surface area (Å²) < 4.78 is 7.85. The van der Waals surface area contributed by atoms with Gasteiger partial charge in [0.2, 0.25) is 5.91 Å². The number of benzene rings is 2. The number of carbonyl (C=O) groups is 2. The van der Waals surface area contributed by atoms with Gasteiger partial charge in [-0.1, -0.05) is 18.2 Å². The molecule has 1 aliphatic carbocycles. The fourth-order valence-corrected chi connectivity index (χ4v) is 4.81. The number of carbonyl (C=O) groups excluding carboxylic acids is 2. The predicted octanol–water partition coefficient (Wildman–Crippen LogP) is 5.07. The number of urea groups is 1. The molecule has 1 fully saturated rings. The Morgan fingerprint density at radius 3 is 2.61 bits per heavy atom. The Labute approximate surface area is 208 Å². The van der Waals surface area contributed by atoms with Crippen LogP contribution in [0.15, 0.2) is 89.7 Å². The van der Waals surface area contributed by atoms with E-state index in [0.717, 1.165) is 29.9 Å². The van der Waals surface area contributed by atoms with Crippen molar-refractivity contribution in [3.05, 3.63) is 102 Å². The van der Waals surface area contributed by atoms with Crippen molar-refractivity contribution in [3.63, 3.8) is 0 Å². The molecule has 1 atom stereocenters. The first-order valence-corrected chi connectivity index (χ1v) is 11.8. The number of rotatable bonds is 5. The van der Waals surface area contributed by atoms with Gasteiger partial charge in [-0.15, -0.1) is 0 Å². The van der Waals surface area contributed by atoms with Crippen LogP contribution in [0.25, 0.3) is 5.69 Å². The van der Waals surface area contributed by atoms with E-state index < -0.39 is 6.04 Å². The van der Waals surface area contributed by atoms with Gasteiger partial charge in [-0.25, -0.2) is 4.79 Å². The van der Waals surface area contributed by atoms with E-state index in [1.54, 1.807) is 40.3 Å². The molecule has 1 N–H and O–H groups in total. The zero-order chi connectivity index (χ0) is 24.6. The van der Waals surface area contributed by atoms with E-state index in [4.69, 9.17) is 4.42 Å². The number of nitrogens with zero attached hydrogens (tertiary/aromatic N) is 4. The molecular weight excluding hydrogens is 454 g/mol. The standard InChI is InChI=1S/C28H23N5O3/c29-17-19-6-3-7-20(16-19)30-28(35)32(21-12-13-21)18-26(34)33-23-9-2-1-8-22(23)31-14-4-10-24(31)27(33)25-11-5-15-36-25/h1-11,14-16,21,27H,12-13,18H2,(H,30,35). The van der Waals surface area contributed by atoms with E-state index in [-0.39, 0.29) is 24.5 Å². The average molecular weight is 478 g/mol. The van der Waals surface area contributed by atoms with Crippen LogP contribution in [0, 0.1) is 11.3 Å². The average Bonchev–Trinajstić information content (AvgIpc) is 3.37. The molecule has 178 valence electrons. The molecule has 1 unspecified atom stereocenters. The van der Waals surface area contributed by atoms with Gasteiger partial charge in [0, 0.05) is 17.9 Å². The summed E-state index contributed by atoms with van der Waals surface area (Å²) in [6.45, 7) is -0.0826. The molecule has 2 aromatic heterocycles. The number of nitrogens with one attached hydrogen (secondary N) is 1. The van der Waals surface area contributed by atoms with Crippen LogP contribution >= 0.6 is 0 Å². The molecule has 0 saturated heterocycles. The maximum Gasteiger partial charge on any atom is 0.322 e. The number of furan rings is 1. The zero-order valence-corrected chi connectivity index (χ0v) is 19.4. The Morgan fingerprint density at radius 1 is 1.03 bits per heavy atom. The lowest BCUT2D eigenvalue weighted by molar-refractivity contribution is -0.119. The normalized spacial score (nSPS) is 16.0. The summed E-state index contributed by atoms with van der Waals surface area (Å²) in [5, 5.41) is 12.0. The van der Waals surface area contributed by atoms with Gasteiger partial charge in [-0.05, 0) is 67.4 Å². The molecule has 2 aliphatic rings. The van der Waals surface area contributed by atoms with Gasteiger partial charge in [0.05, 0.1) is 35.0 Å². The molecule has 1 aliphatic heterocycles. The van der Waals surface area contributed by atoms with Crippen molar-refractivity contribution < 1.29 is 14.0 Å². The van der Waals surface area contributed by atoms with Crippen LogP contribution in [-0.4, -0.2) is 34.0 Å². The van der Waals surface area contributed by atoms with E-state index in [2.05, 4.69) is 16.0 Å². The first kappa shape index (κ1) is 21.7. The Morgan fingerprint density at radius 2 is 1.86 bits per heavy atom. The smallest absolute Gasteiger partial charge is 0.322 e. The second-order valence-electron chi connectivity index (χ2n) is 8.96. The summed E-state index contributed by atoms with van der Waals surface area (Å²) >= 11 is 0. The van der Waals surface area contributed by atoms with E-state index >= 15 is 0 Å². The lowest BCUT2D eigenvalue weighted by Crippen LogP contribution is -2.48. The second-order valence-corrected chi connectivity index (χ2v) is 8.96. The maximum atomic E-state index is 14.0. The van der Waals surface area contributed by atoms with E-state index in [1.165, 1.54) is 0 Å². The third-order valence-corrected chi connectivity index (χ3v) is 6.60. The van der Waals surface area contributed by atoms with Gasteiger partial charge in [-0.2, -0.15) is 5.26 Å². The molecule has 0 radical (unpaired) electrons. The second kappa shape index (κ2) is 8.78. The molecule has 6 rings (SSSR count). The lowest BCUT2D eigenvalue weighted by atomic mass is 10.0. The third kappa shape index (κ3) is 3.81. The highest BCUT2D eigenvalue weighted by Gasteiger charge is 2.41. The van der Waals surface area contributed by atoms with Crippen molar-refractivity contribution in [2.45, 2.75) is 24.9 Å². The first-order valence-electron chi connectivity index (χ1n) is 11.8. The molecule has 3 heterocycles. The van der Waals surface area contributed by atoms with Crippen LogP contribution in [0.4, 0.5) is 16.2 Å². The van der Waals surface area contributed by atoms with Crippen LogP contribution < -0.4 is 10.2 Å². The number of hydrogen-bond acceptors (Lipinski definition) is 4. The Bertz CT molecular complexity index is 1480. The number of fused-ring (bicyclic) bond motifs is 3. The fraction of sp³-hybridized carbons (Fsp3) is 0.179. The van der Waals surface area contributed by atoms with Crippen molar-refractivity contribution in [1.29, 1.82) is 5.26 Å². The molecule has 36 heavy (non-hydrogen) atoms. The van der Waals surface area contributed by atoms with Crippen LogP contribution in [-0.2, 0) is 4.79 Å². The van der Waals surface area contributed by atoms with Crippen LogP contribution in [0.2, 0.25) is 0 Å². The summed E-state index contributed by atoms with van der Waals surface area (Å²) in [5.74, 6) is 0.442. The number of aromatic nitrogens is 1. The molecule has 1 saturated carbocycles. The van der Waals surface area contributed by atoms with Gasteiger partial charge in [-0.3, -0.25) is 9.69 Å². The van der Waals surface area contributed by atoms with Crippen LogP contribution in [0.3, 0.4) is 0 Å². The molecule has 8 heteroatoms. The number of hydrogen-bond donors (Lipinski definition) is 1. The quantitative estimate of drug-likeness (QED) is 0.434. The molecule has 0 spiro atoms. The highest BCUT2D eigenvalue weighted by molar-refractivity contribution is 6.01. The number of amides is 3. The SMILES string of the molecule is N#Cc1cccc(NC(=O)N(CC(=O)N2c3ccccc3-n3cccc3C2c2ccco2)C2CC2)c1. The van der Waals surface area contributed by atoms with Crippen LogP contribution in [0.1, 0.15) is 35.9 Å². The van der Waals surface area contributed by atoms with Gasteiger partial charge in [0.1, 0.15) is 18.3 Å². The zero-order valence-electron chi connectivity index (χ0n) is 19.4. The summed E-state index contributed by atoms with van der Waals surface area (Å²) in [6, 6.07) is 23.3. The van der Waals surface area contributed by atoms with E-state index in [1.807, 2.05) is 54.7 Å². The molecular formula is C28H23N5O3. The fourth-order valence-electron chi connectivity index (χ4n) is 4.81. The largest absolute Gasteiger partial charge is 0.467 e. The number of nitriles is 1. The van der Waals surface area contributed by atoms with Gasteiger partial charge < -0.3 is 19.2 Å². The molecule has 4 aromatic rings. The minimum absolute atomic E-state index is 0.000872. The van der Waals surface area contributed by atoms with Crippen molar-refractivity contribution >= 4 is 23.3 Å². The minimum atomic E-state index is -0.464. The van der Waals surface area contributed by atoms with Gasteiger partial charge >= 0.3 is 6.03 Å². The number of para-hydroxylation sites is 2. The summed E-state index contributed by atoms with van der Waals surface area (Å²) in [7, 11) is 0. The third-order valence-electron chi connectivity index (χ3n) is 6.60. The monoisotopic (exact) mass is 477 g/mol. The molecule has 3 amide bonds. The van der Waals surface area contributed by atoms with Crippen molar-refractivity contribution in [2.75, 3.05) is 16.8 Å². The minimum Gasteiger partial charge on any atom is -0.467 e. The Kier molecular flexibility index (Phi) is 5.30. The van der Waals surface area contributed by atoms with Gasteiger partial charge in [0.25, 0.3) is 0 Å². The molecule has 0 bridgehead atoms. The summed E-state index contributed by atoms with van der Waals surface area (Å²) in [6.07, 6.45) is 5.27. The number of anilines is 2. The highest BCUT2D eigenvalue weighted by atomic mass is 16.3. The maximum absolute atomic E-state index is 14.0. The van der Waals surface area contributed by atoms with Crippen molar-refractivity contribution in [1.82, 2.24) is 9.47 Å². The van der Waals surface area contributed by atoms with Crippen LogP contribution in [0.5, 0.6) is 0 Å². The lowest BCUT2D eigenvalue weighted by Gasteiger charge is -2.38. The van der Waals surface area contributed by atoms with E-state index in [0.29, 0.717) is 17.0 Å². The van der Waals surface area contributed by atoms with Crippen molar-refractivity contribution in [2.24, 2.45) is 0 Å². The summed E-state index contributed by atoms with van der Waals surface area (Å²) in [5.41, 5.74) is 3.53. The van der Waals surface area contributed by atoms with Crippen molar-refractivity contribution in [3.8, 4) is 11.8 Å².